The van der Waals surface area contributed by atoms with E-state index in [0.29, 0.717) is 33.3 Å². The number of aromatic amines is 1. The van der Waals surface area contributed by atoms with Gasteiger partial charge in [0.1, 0.15) is 6.07 Å². The first-order valence-corrected chi connectivity index (χ1v) is 8.59. The monoisotopic (exact) mass is 411 g/mol. The molecule has 1 heterocycles. The van der Waals surface area contributed by atoms with Crippen LogP contribution in [0, 0.1) is 11.3 Å². The van der Waals surface area contributed by atoms with Crippen molar-refractivity contribution in [3.8, 4) is 17.6 Å². The second-order valence-electron chi connectivity index (χ2n) is 5.38. The van der Waals surface area contributed by atoms with Gasteiger partial charge in [-0.05, 0) is 58.8 Å². The SMILES string of the molecule is CCOc1cc(/C=C(/C#N)c2nc3ccccc3c(=O)[nH]2)cc(Br)c1O. The Labute approximate surface area is 157 Å². The van der Waals surface area contributed by atoms with Gasteiger partial charge in [-0.1, -0.05) is 12.1 Å². The molecule has 2 aromatic carbocycles. The van der Waals surface area contributed by atoms with Crippen LogP contribution >= 0.6 is 15.9 Å². The van der Waals surface area contributed by atoms with E-state index in [9.17, 15) is 15.2 Å². The molecule has 0 saturated heterocycles. The number of aromatic nitrogens is 2. The van der Waals surface area contributed by atoms with E-state index >= 15 is 0 Å². The second-order valence-corrected chi connectivity index (χ2v) is 6.24. The number of phenolic OH excluding ortho intramolecular Hbond substituents is 1. The third-order valence-corrected chi connectivity index (χ3v) is 4.25. The Morgan fingerprint density at radius 2 is 2.19 bits per heavy atom. The Balaban J connectivity index is 2.13. The predicted octanol–water partition coefficient (Wildman–Crippen LogP) is 3.85. The lowest BCUT2D eigenvalue weighted by atomic mass is 10.1. The molecule has 0 aliphatic heterocycles. The van der Waals surface area contributed by atoms with Gasteiger partial charge in [0.15, 0.2) is 17.3 Å². The molecule has 0 aliphatic carbocycles. The molecule has 0 amide bonds. The van der Waals surface area contributed by atoms with Gasteiger partial charge in [-0.15, -0.1) is 0 Å². The third-order valence-electron chi connectivity index (χ3n) is 3.65. The lowest BCUT2D eigenvalue weighted by Crippen LogP contribution is -2.11. The lowest BCUT2D eigenvalue weighted by molar-refractivity contribution is 0.317. The van der Waals surface area contributed by atoms with Crippen molar-refractivity contribution in [3.63, 3.8) is 0 Å². The summed E-state index contributed by atoms with van der Waals surface area (Å²) in [5, 5.41) is 20.0. The van der Waals surface area contributed by atoms with Gasteiger partial charge in [-0.25, -0.2) is 4.98 Å². The molecule has 7 heteroatoms. The Morgan fingerprint density at radius 3 is 2.92 bits per heavy atom. The summed E-state index contributed by atoms with van der Waals surface area (Å²) in [4.78, 5) is 19.2. The number of allylic oxidation sites excluding steroid dienone is 1. The summed E-state index contributed by atoms with van der Waals surface area (Å²) >= 11 is 3.26. The van der Waals surface area contributed by atoms with Crippen molar-refractivity contribution in [2.45, 2.75) is 6.92 Å². The number of nitriles is 1. The largest absolute Gasteiger partial charge is 0.503 e. The number of hydrogen-bond donors (Lipinski definition) is 2. The summed E-state index contributed by atoms with van der Waals surface area (Å²) in [5.74, 6) is 0.462. The quantitative estimate of drug-likeness (QED) is 0.635. The minimum Gasteiger partial charge on any atom is -0.503 e. The molecule has 6 nitrogen and oxygen atoms in total. The summed E-state index contributed by atoms with van der Waals surface area (Å²) < 4.78 is 5.83. The Kier molecular flexibility index (Phi) is 5.05. The van der Waals surface area contributed by atoms with Crippen LogP contribution in [0.5, 0.6) is 11.5 Å². The molecule has 3 rings (SSSR count). The van der Waals surface area contributed by atoms with Crippen molar-refractivity contribution in [2.75, 3.05) is 6.61 Å². The number of hydrogen-bond acceptors (Lipinski definition) is 5. The Morgan fingerprint density at radius 1 is 1.42 bits per heavy atom. The van der Waals surface area contributed by atoms with Gasteiger partial charge in [0, 0.05) is 0 Å². The van der Waals surface area contributed by atoms with Crippen LogP contribution in [0.1, 0.15) is 18.3 Å². The van der Waals surface area contributed by atoms with Crippen molar-refractivity contribution in [2.24, 2.45) is 0 Å². The number of halogens is 1. The first-order valence-electron chi connectivity index (χ1n) is 7.80. The van der Waals surface area contributed by atoms with Gasteiger partial charge in [0.25, 0.3) is 5.56 Å². The van der Waals surface area contributed by atoms with Gasteiger partial charge in [0.2, 0.25) is 0 Å². The van der Waals surface area contributed by atoms with Gasteiger partial charge >= 0.3 is 0 Å². The minimum atomic E-state index is -0.311. The molecule has 0 aliphatic rings. The molecule has 0 saturated carbocycles. The maximum atomic E-state index is 12.2. The van der Waals surface area contributed by atoms with Crippen molar-refractivity contribution >= 4 is 38.5 Å². The third kappa shape index (κ3) is 3.46. The average Bonchev–Trinajstić information content (AvgIpc) is 2.64. The van der Waals surface area contributed by atoms with Crippen molar-refractivity contribution in [3.05, 3.63) is 62.6 Å². The van der Waals surface area contributed by atoms with E-state index in [0.717, 1.165) is 0 Å². The predicted molar refractivity (Wildman–Crippen MR) is 103 cm³/mol. The smallest absolute Gasteiger partial charge is 0.259 e. The van der Waals surface area contributed by atoms with Gasteiger partial charge in [0.05, 0.1) is 27.6 Å². The summed E-state index contributed by atoms with van der Waals surface area (Å²) in [6, 6.07) is 12.2. The van der Waals surface area contributed by atoms with Crippen LogP contribution in [0.2, 0.25) is 0 Å². The number of rotatable bonds is 4. The van der Waals surface area contributed by atoms with E-state index in [-0.39, 0.29) is 22.7 Å². The number of nitrogens with one attached hydrogen (secondary N) is 1. The molecule has 26 heavy (non-hydrogen) atoms. The van der Waals surface area contributed by atoms with Crippen LogP contribution in [0.15, 0.2) is 45.7 Å². The normalized spacial score (nSPS) is 11.3. The highest BCUT2D eigenvalue weighted by Crippen LogP contribution is 2.36. The van der Waals surface area contributed by atoms with Crippen LogP contribution in [0.3, 0.4) is 0 Å². The Hall–Kier alpha value is -3.11. The zero-order chi connectivity index (χ0) is 18.7. The summed E-state index contributed by atoms with van der Waals surface area (Å²) in [5.41, 5.74) is 1.00. The number of para-hydroxylation sites is 1. The number of nitrogens with zero attached hydrogens (tertiary/aromatic N) is 2. The molecule has 3 aromatic rings. The van der Waals surface area contributed by atoms with E-state index in [1.807, 2.05) is 0 Å². The molecular weight excluding hydrogens is 398 g/mol. The zero-order valence-corrected chi connectivity index (χ0v) is 15.4. The van der Waals surface area contributed by atoms with Gasteiger partial charge in [-0.2, -0.15) is 5.26 Å². The highest BCUT2D eigenvalue weighted by molar-refractivity contribution is 9.10. The van der Waals surface area contributed by atoms with Crippen molar-refractivity contribution < 1.29 is 9.84 Å². The number of fused-ring (bicyclic) bond motifs is 1. The summed E-state index contributed by atoms with van der Waals surface area (Å²) in [6.45, 7) is 2.19. The van der Waals surface area contributed by atoms with E-state index in [1.54, 1.807) is 49.4 Å². The molecule has 0 fully saturated rings. The molecule has 0 spiro atoms. The standard InChI is InChI=1S/C19H14BrN3O3/c1-2-26-16-9-11(8-14(20)17(16)24)7-12(10-21)18-22-15-6-4-3-5-13(15)19(25)23-18/h3-9,24H,2H2,1H3,(H,22,23,25)/b12-7-. The maximum absolute atomic E-state index is 12.2. The fraction of sp³-hybridized carbons (Fsp3) is 0.105. The molecular formula is C19H14BrN3O3. The van der Waals surface area contributed by atoms with Crippen molar-refractivity contribution in [1.29, 1.82) is 5.26 Å². The average molecular weight is 412 g/mol. The fourth-order valence-electron chi connectivity index (χ4n) is 2.48. The lowest BCUT2D eigenvalue weighted by Gasteiger charge is -2.09. The van der Waals surface area contributed by atoms with Gasteiger partial charge < -0.3 is 14.8 Å². The number of aromatic hydroxyl groups is 1. The van der Waals surface area contributed by atoms with Gasteiger partial charge in [-0.3, -0.25) is 4.79 Å². The first-order chi connectivity index (χ1) is 12.5. The van der Waals surface area contributed by atoms with E-state index < -0.39 is 0 Å². The molecule has 2 N–H and O–H groups in total. The number of benzene rings is 2. The van der Waals surface area contributed by atoms with Crippen LogP contribution in [-0.2, 0) is 0 Å². The Bertz CT molecular complexity index is 1110. The molecule has 0 bridgehead atoms. The maximum Gasteiger partial charge on any atom is 0.259 e. The highest BCUT2D eigenvalue weighted by Gasteiger charge is 2.11. The molecule has 1 aromatic heterocycles. The second kappa shape index (κ2) is 7.42. The topological polar surface area (TPSA) is 99.0 Å². The van der Waals surface area contributed by atoms with Crippen LogP contribution in [0.4, 0.5) is 0 Å². The molecule has 0 unspecified atom stereocenters. The number of ether oxygens (including phenoxy) is 1. The van der Waals surface area contributed by atoms with E-state index in [4.69, 9.17) is 4.74 Å². The van der Waals surface area contributed by atoms with E-state index in [2.05, 4.69) is 32.0 Å². The van der Waals surface area contributed by atoms with Crippen LogP contribution in [0.25, 0.3) is 22.6 Å². The minimum absolute atomic E-state index is 0.0141. The van der Waals surface area contributed by atoms with E-state index in [1.165, 1.54) is 0 Å². The molecule has 0 radical (unpaired) electrons. The summed E-state index contributed by atoms with van der Waals surface area (Å²) in [7, 11) is 0. The highest BCUT2D eigenvalue weighted by atomic mass is 79.9. The first kappa shape index (κ1) is 17.7. The van der Waals surface area contributed by atoms with Crippen LogP contribution < -0.4 is 10.3 Å². The summed E-state index contributed by atoms with van der Waals surface area (Å²) in [6.07, 6.45) is 1.57. The zero-order valence-electron chi connectivity index (χ0n) is 13.8. The van der Waals surface area contributed by atoms with Crippen LogP contribution in [-0.4, -0.2) is 21.7 Å². The fourth-order valence-corrected chi connectivity index (χ4v) is 2.94. The van der Waals surface area contributed by atoms with Crippen molar-refractivity contribution in [1.82, 2.24) is 9.97 Å². The molecule has 130 valence electrons. The number of phenols is 1. The molecule has 0 atom stereocenters. The number of H-pyrrole nitrogens is 1.